The molecule has 0 fully saturated rings. The van der Waals surface area contributed by atoms with E-state index in [4.69, 9.17) is 9.84 Å². The van der Waals surface area contributed by atoms with Crippen LogP contribution in [0, 0.1) is 0 Å². The Hall–Kier alpha value is -2.46. The van der Waals surface area contributed by atoms with Gasteiger partial charge in [0.1, 0.15) is 18.0 Å². The van der Waals surface area contributed by atoms with Crippen LogP contribution in [0.4, 0.5) is 0 Å². The van der Waals surface area contributed by atoms with E-state index < -0.39 is 30.0 Å². The number of aliphatic carboxylic acids is 1. The number of nitrogens with one attached hydrogen (secondary N) is 2. The first-order valence-electron chi connectivity index (χ1n) is 6.49. The van der Waals surface area contributed by atoms with Crippen molar-refractivity contribution in [2.24, 2.45) is 0 Å². The molecule has 0 saturated heterocycles. The Morgan fingerprint density at radius 2 is 2.17 bits per heavy atom. The summed E-state index contributed by atoms with van der Waals surface area (Å²) in [6, 6.07) is 0. The van der Waals surface area contributed by atoms with Crippen LogP contribution in [-0.2, 0) is 9.53 Å². The van der Waals surface area contributed by atoms with E-state index in [2.05, 4.69) is 15.5 Å². The van der Waals surface area contributed by atoms with Gasteiger partial charge in [-0.1, -0.05) is 0 Å². The third kappa shape index (κ3) is 3.66. The van der Waals surface area contributed by atoms with Crippen molar-refractivity contribution >= 4 is 35.2 Å². The number of aromatic amines is 1. The summed E-state index contributed by atoms with van der Waals surface area (Å²) in [6.07, 6.45) is 1.15. The van der Waals surface area contributed by atoms with Gasteiger partial charge in [0.25, 0.3) is 5.91 Å². The lowest BCUT2D eigenvalue weighted by molar-refractivity contribution is -0.141. The van der Waals surface area contributed by atoms with E-state index in [9.17, 15) is 19.2 Å². The zero-order valence-electron chi connectivity index (χ0n) is 12.0. The molecule has 0 aliphatic heterocycles. The molecule has 2 rings (SSSR count). The maximum Gasteiger partial charge on any atom is 0.329 e. The van der Waals surface area contributed by atoms with Gasteiger partial charge in [-0.25, -0.2) is 4.79 Å². The van der Waals surface area contributed by atoms with Gasteiger partial charge in [0.2, 0.25) is 11.6 Å². The summed E-state index contributed by atoms with van der Waals surface area (Å²) in [4.78, 5) is 46.6. The van der Waals surface area contributed by atoms with Gasteiger partial charge >= 0.3 is 5.97 Å². The Kier molecular flexibility index (Phi) is 5.29. The second kappa shape index (κ2) is 7.20. The summed E-state index contributed by atoms with van der Waals surface area (Å²) in [5.41, 5.74) is -0.194. The van der Waals surface area contributed by atoms with Crippen molar-refractivity contribution < 1.29 is 29.0 Å². The van der Waals surface area contributed by atoms with E-state index in [0.29, 0.717) is 5.75 Å². The van der Waals surface area contributed by atoms with Gasteiger partial charge in [-0.3, -0.25) is 19.5 Å². The molecular formula is C13H13N3O6S. The maximum atomic E-state index is 12.4. The van der Waals surface area contributed by atoms with E-state index in [-0.39, 0.29) is 28.5 Å². The van der Waals surface area contributed by atoms with Gasteiger partial charge in [-0.15, -0.1) is 11.8 Å². The SMILES string of the molecule is CNC(=O)c1[nH]nc2c1C(=O)C(SCCOCC(=O)O)=CC2=O. The van der Waals surface area contributed by atoms with Crippen molar-refractivity contribution in [1.82, 2.24) is 15.5 Å². The molecule has 1 aromatic rings. The summed E-state index contributed by atoms with van der Waals surface area (Å²) in [5, 5.41) is 16.9. The fourth-order valence-electron chi connectivity index (χ4n) is 1.88. The van der Waals surface area contributed by atoms with E-state index in [1.807, 2.05) is 0 Å². The van der Waals surface area contributed by atoms with E-state index in [1.165, 1.54) is 7.05 Å². The predicted octanol–water partition coefficient (Wildman–Crippen LogP) is -0.133. The van der Waals surface area contributed by atoms with Crippen molar-refractivity contribution in [2.75, 3.05) is 26.0 Å². The number of hydrogen-bond donors (Lipinski definition) is 3. The molecule has 122 valence electrons. The minimum atomic E-state index is -1.09. The molecule has 10 heteroatoms. The molecule has 9 nitrogen and oxygen atoms in total. The zero-order chi connectivity index (χ0) is 17.0. The van der Waals surface area contributed by atoms with Crippen LogP contribution >= 0.6 is 11.8 Å². The van der Waals surface area contributed by atoms with Gasteiger partial charge in [-0.2, -0.15) is 5.10 Å². The molecule has 1 aliphatic carbocycles. The second-order valence-electron chi connectivity index (χ2n) is 4.40. The molecule has 23 heavy (non-hydrogen) atoms. The molecule has 3 N–H and O–H groups in total. The summed E-state index contributed by atoms with van der Waals surface area (Å²) < 4.78 is 4.86. The number of allylic oxidation sites excluding steroid dienone is 2. The first-order chi connectivity index (χ1) is 11.0. The highest BCUT2D eigenvalue weighted by Gasteiger charge is 2.33. The highest BCUT2D eigenvalue weighted by Crippen LogP contribution is 2.29. The Morgan fingerprint density at radius 1 is 1.43 bits per heavy atom. The van der Waals surface area contributed by atoms with Crippen molar-refractivity contribution in [1.29, 1.82) is 0 Å². The lowest BCUT2D eigenvalue weighted by atomic mass is 9.99. The number of carboxylic acids is 1. The minimum absolute atomic E-state index is 0.0502. The number of amides is 1. The van der Waals surface area contributed by atoms with Crippen molar-refractivity contribution in [3.8, 4) is 0 Å². The zero-order valence-corrected chi connectivity index (χ0v) is 12.9. The number of thioether (sulfide) groups is 1. The molecule has 0 unspecified atom stereocenters. The number of carbonyl (C=O) groups is 4. The molecule has 1 aliphatic rings. The number of aromatic nitrogens is 2. The standard InChI is InChI=1S/C13H13N3O6S/c1-14-13(21)11-9-10(15-16-11)6(17)4-7(12(9)20)23-3-2-22-5-8(18)19/h4H,2-3,5H2,1H3,(H,14,21)(H,15,16)(H,18,19). The lowest BCUT2D eigenvalue weighted by Gasteiger charge is -2.11. The maximum absolute atomic E-state index is 12.4. The number of nitrogens with zero attached hydrogens (tertiary/aromatic N) is 1. The topological polar surface area (TPSA) is 138 Å². The quantitative estimate of drug-likeness (QED) is 0.584. The van der Waals surface area contributed by atoms with Crippen LogP contribution in [0.25, 0.3) is 0 Å². The van der Waals surface area contributed by atoms with Gasteiger partial charge < -0.3 is 15.2 Å². The largest absolute Gasteiger partial charge is 0.480 e. The summed E-state index contributed by atoms with van der Waals surface area (Å²) >= 11 is 1.06. The average molecular weight is 339 g/mol. The number of carboxylic acid groups (broad SMARTS) is 1. The number of Topliss-reactive ketones (excluding diaryl/α,β-unsaturated/α-hetero) is 1. The van der Waals surface area contributed by atoms with E-state index >= 15 is 0 Å². The Balaban J connectivity index is 2.09. The van der Waals surface area contributed by atoms with Crippen LogP contribution in [-0.4, -0.2) is 64.8 Å². The normalized spacial score (nSPS) is 13.5. The predicted molar refractivity (Wildman–Crippen MR) is 79.6 cm³/mol. The van der Waals surface area contributed by atoms with Crippen molar-refractivity contribution in [2.45, 2.75) is 0 Å². The van der Waals surface area contributed by atoms with Crippen LogP contribution in [0.3, 0.4) is 0 Å². The second-order valence-corrected chi connectivity index (χ2v) is 5.53. The summed E-state index contributed by atoms with van der Waals surface area (Å²) in [7, 11) is 1.40. The van der Waals surface area contributed by atoms with E-state index in [0.717, 1.165) is 17.8 Å². The number of rotatable bonds is 7. The minimum Gasteiger partial charge on any atom is -0.480 e. The molecule has 1 heterocycles. The molecular weight excluding hydrogens is 326 g/mol. The van der Waals surface area contributed by atoms with Crippen LogP contribution < -0.4 is 5.32 Å². The number of H-pyrrole nitrogens is 1. The Bertz CT molecular complexity index is 709. The molecule has 0 spiro atoms. The summed E-state index contributed by atoms with van der Waals surface area (Å²) in [5.74, 6) is -2.29. The highest BCUT2D eigenvalue weighted by atomic mass is 32.2. The number of ether oxygens (including phenoxy) is 1. The van der Waals surface area contributed by atoms with Gasteiger partial charge in [0, 0.05) is 18.9 Å². The Labute approximate surface area is 134 Å². The Morgan fingerprint density at radius 3 is 2.83 bits per heavy atom. The third-order valence-electron chi connectivity index (χ3n) is 2.88. The first-order valence-corrected chi connectivity index (χ1v) is 7.47. The molecule has 0 bridgehead atoms. The van der Waals surface area contributed by atoms with Crippen LogP contribution in [0.2, 0.25) is 0 Å². The van der Waals surface area contributed by atoms with Crippen LogP contribution in [0.1, 0.15) is 31.3 Å². The summed E-state index contributed by atoms with van der Waals surface area (Å²) in [6.45, 7) is -0.324. The van der Waals surface area contributed by atoms with Crippen LogP contribution in [0.15, 0.2) is 11.0 Å². The fourth-order valence-corrected chi connectivity index (χ4v) is 2.73. The molecule has 0 atom stereocenters. The van der Waals surface area contributed by atoms with Gasteiger partial charge in [0.05, 0.1) is 17.1 Å². The molecule has 1 amide bonds. The van der Waals surface area contributed by atoms with E-state index in [1.54, 1.807) is 0 Å². The highest BCUT2D eigenvalue weighted by molar-refractivity contribution is 8.04. The third-order valence-corrected chi connectivity index (χ3v) is 3.86. The number of carbonyl (C=O) groups excluding carboxylic acids is 3. The number of fused-ring (bicyclic) bond motifs is 1. The van der Waals surface area contributed by atoms with Crippen molar-refractivity contribution in [3.63, 3.8) is 0 Å². The fraction of sp³-hybridized carbons (Fsp3) is 0.308. The average Bonchev–Trinajstić information content (AvgIpc) is 2.96. The van der Waals surface area contributed by atoms with Gasteiger partial charge in [0.15, 0.2) is 0 Å². The molecule has 0 radical (unpaired) electrons. The monoisotopic (exact) mass is 339 g/mol. The molecule has 0 aromatic carbocycles. The smallest absolute Gasteiger partial charge is 0.329 e. The lowest BCUT2D eigenvalue weighted by Crippen LogP contribution is -2.23. The molecule has 1 aromatic heterocycles. The number of hydrogen-bond acceptors (Lipinski definition) is 7. The first kappa shape index (κ1) is 16.9. The van der Waals surface area contributed by atoms with Crippen LogP contribution in [0.5, 0.6) is 0 Å². The van der Waals surface area contributed by atoms with Crippen molar-refractivity contribution in [3.05, 3.63) is 27.9 Å². The number of ketones is 2. The molecule has 0 saturated carbocycles. The van der Waals surface area contributed by atoms with Gasteiger partial charge in [-0.05, 0) is 0 Å².